The lowest BCUT2D eigenvalue weighted by atomic mass is 9.89. The Bertz CT molecular complexity index is 1420. The zero-order valence-corrected chi connectivity index (χ0v) is 19.2. The molecule has 36 heavy (non-hydrogen) atoms. The summed E-state index contributed by atoms with van der Waals surface area (Å²) in [7, 11) is 1.42. The van der Waals surface area contributed by atoms with Gasteiger partial charge in [-0.05, 0) is 32.0 Å². The first-order valence-electron chi connectivity index (χ1n) is 10.4. The number of amides is 2. The molecule has 0 saturated heterocycles. The minimum Gasteiger partial charge on any atom is -0.504 e. The largest absolute Gasteiger partial charge is 0.504 e. The third-order valence-electron chi connectivity index (χ3n) is 5.30. The van der Waals surface area contributed by atoms with Crippen molar-refractivity contribution in [1.82, 2.24) is 15.1 Å². The number of aromatic hydroxyl groups is 1. The number of anilines is 2. The van der Waals surface area contributed by atoms with Crippen molar-refractivity contribution < 1.29 is 37.1 Å². The normalized spacial score (nSPS) is 11.8. The summed E-state index contributed by atoms with van der Waals surface area (Å²) in [6, 6.07) is 9.46. The van der Waals surface area contributed by atoms with Gasteiger partial charge in [0.2, 0.25) is 11.8 Å². The lowest BCUT2D eigenvalue weighted by molar-refractivity contribution is -0.181. The molecular weight excluding hydrogens is 483 g/mol. The number of ether oxygens (including phenoxy) is 2. The molecule has 2 heterocycles. The topological polar surface area (TPSA) is 132 Å². The molecule has 2 aromatic carbocycles. The highest BCUT2D eigenvalue weighted by Crippen LogP contribution is 2.40. The second-order valence-electron chi connectivity index (χ2n) is 8.13. The number of phenols is 1. The highest BCUT2D eigenvalue weighted by Gasteiger charge is 2.50. The minimum absolute atomic E-state index is 0.120. The number of nitrogens with one attached hydrogen (secondary N) is 2. The number of benzene rings is 2. The maximum absolute atomic E-state index is 13.2. The van der Waals surface area contributed by atoms with E-state index in [2.05, 4.69) is 25.8 Å². The number of urea groups is 1. The molecule has 0 bridgehead atoms. The van der Waals surface area contributed by atoms with Gasteiger partial charge in [0.05, 0.1) is 18.0 Å². The van der Waals surface area contributed by atoms with Gasteiger partial charge in [-0.1, -0.05) is 11.2 Å². The van der Waals surface area contributed by atoms with Crippen molar-refractivity contribution in [3.05, 3.63) is 54.5 Å². The number of nitrogens with zero attached hydrogens (tertiary/aromatic N) is 3. The lowest BCUT2D eigenvalue weighted by Crippen LogP contribution is -2.36. The van der Waals surface area contributed by atoms with E-state index in [9.17, 15) is 23.1 Å². The molecule has 0 aliphatic carbocycles. The van der Waals surface area contributed by atoms with Crippen molar-refractivity contribution >= 4 is 28.5 Å². The van der Waals surface area contributed by atoms with Crippen molar-refractivity contribution in [3.63, 3.8) is 0 Å². The summed E-state index contributed by atoms with van der Waals surface area (Å²) < 4.78 is 55.3. The first-order chi connectivity index (χ1) is 17.0. The molecule has 4 rings (SSSR count). The van der Waals surface area contributed by atoms with Crippen LogP contribution in [0.25, 0.3) is 10.9 Å². The second kappa shape index (κ2) is 9.24. The predicted molar refractivity (Wildman–Crippen MR) is 122 cm³/mol. The molecule has 3 N–H and O–H groups in total. The summed E-state index contributed by atoms with van der Waals surface area (Å²) >= 11 is 0. The molecule has 4 aromatic rings. The molecule has 10 nitrogen and oxygen atoms in total. The number of halogens is 3. The van der Waals surface area contributed by atoms with Crippen molar-refractivity contribution in [2.45, 2.75) is 25.4 Å². The van der Waals surface area contributed by atoms with E-state index in [1.165, 1.54) is 31.6 Å². The number of phenolic OH excluding ortho intramolecular Hbond substituents is 1. The van der Waals surface area contributed by atoms with E-state index in [4.69, 9.17) is 14.0 Å². The van der Waals surface area contributed by atoms with Crippen LogP contribution in [0.2, 0.25) is 0 Å². The highest BCUT2D eigenvalue weighted by atomic mass is 19.4. The van der Waals surface area contributed by atoms with Gasteiger partial charge < -0.3 is 24.4 Å². The third-order valence-corrected chi connectivity index (χ3v) is 5.30. The van der Waals surface area contributed by atoms with Crippen LogP contribution in [0.15, 0.2) is 53.3 Å². The number of hydrogen-bond donors (Lipinski definition) is 3. The van der Waals surface area contributed by atoms with E-state index < -0.39 is 17.6 Å². The highest BCUT2D eigenvalue weighted by molar-refractivity contribution is 5.99. The summed E-state index contributed by atoms with van der Waals surface area (Å²) in [6.07, 6.45) is -3.26. The average molecular weight is 503 g/mol. The van der Waals surface area contributed by atoms with Gasteiger partial charge in [0.15, 0.2) is 11.5 Å². The van der Waals surface area contributed by atoms with E-state index >= 15 is 0 Å². The van der Waals surface area contributed by atoms with E-state index in [-0.39, 0.29) is 29.0 Å². The van der Waals surface area contributed by atoms with Crippen LogP contribution in [0, 0.1) is 0 Å². The van der Waals surface area contributed by atoms with Crippen LogP contribution in [0.4, 0.5) is 29.5 Å². The van der Waals surface area contributed by atoms with Crippen LogP contribution in [-0.4, -0.2) is 39.5 Å². The molecule has 0 spiro atoms. The van der Waals surface area contributed by atoms with E-state index in [0.29, 0.717) is 22.3 Å². The maximum Gasteiger partial charge on any atom is 0.399 e. The van der Waals surface area contributed by atoms with Gasteiger partial charge in [-0.15, -0.1) is 0 Å². The monoisotopic (exact) mass is 503 g/mol. The summed E-state index contributed by atoms with van der Waals surface area (Å²) in [5.74, 6) is 0.323. The Hall–Kier alpha value is -4.55. The number of aromatic nitrogens is 3. The Kier molecular flexibility index (Phi) is 6.31. The number of carbonyl (C=O) groups excluding carboxylic acids is 1. The van der Waals surface area contributed by atoms with Gasteiger partial charge in [-0.3, -0.25) is 5.32 Å². The molecule has 188 valence electrons. The van der Waals surface area contributed by atoms with E-state index in [1.807, 2.05) is 0 Å². The SMILES string of the molecule is COc1cc2ncnc(Oc3cccc(NC(=O)Nc4cc(C(C)(C)C(F)(F)F)no4)c3)c2cc1O. The molecule has 0 saturated carbocycles. The summed E-state index contributed by atoms with van der Waals surface area (Å²) in [5.41, 5.74) is -1.85. The Balaban J connectivity index is 1.47. The van der Waals surface area contributed by atoms with Crippen LogP contribution in [0.3, 0.4) is 0 Å². The summed E-state index contributed by atoms with van der Waals surface area (Å²) in [5, 5.41) is 18.8. The van der Waals surface area contributed by atoms with Gasteiger partial charge in [0.1, 0.15) is 23.2 Å². The van der Waals surface area contributed by atoms with Crippen molar-refractivity contribution in [2.75, 3.05) is 17.7 Å². The minimum atomic E-state index is -4.55. The third kappa shape index (κ3) is 4.94. The average Bonchev–Trinajstić information content (AvgIpc) is 3.27. The van der Waals surface area contributed by atoms with Crippen LogP contribution in [-0.2, 0) is 5.41 Å². The van der Waals surface area contributed by atoms with Gasteiger partial charge in [-0.2, -0.15) is 13.2 Å². The van der Waals surface area contributed by atoms with Gasteiger partial charge in [0, 0.05) is 23.9 Å². The molecule has 0 unspecified atom stereocenters. The molecule has 0 aliphatic heterocycles. The molecule has 0 aliphatic rings. The van der Waals surface area contributed by atoms with Gasteiger partial charge in [-0.25, -0.2) is 14.8 Å². The smallest absolute Gasteiger partial charge is 0.399 e. The molecular formula is C23H20F3N5O5. The van der Waals surface area contributed by atoms with Crippen molar-refractivity contribution in [2.24, 2.45) is 0 Å². The Morgan fingerprint density at radius 2 is 1.86 bits per heavy atom. The van der Waals surface area contributed by atoms with Gasteiger partial charge in [0.25, 0.3) is 0 Å². The number of hydrogen-bond acceptors (Lipinski definition) is 8. The van der Waals surface area contributed by atoms with Crippen LogP contribution in [0.1, 0.15) is 19.5 Å². The van der Waals surface area contributed by atoms with E-state index in [1.54, 1.807) is 18.2 Å². The maximum atomic E-state index is 13.2. The molecule has 0 fully saturated rings. The van der Waals surface area contributed by atoms with Gasteiger partial charge >= 0.3 is 12.2 Å². The molecule has 0 atom stereocenters. The zero-order valence-electron chi connectivity index (χ0n) is 19.2. The van der Waals surface area contributed by atoms with Crippen molar-refractivity contribution in [3.8, 4) is 23.1 Å². The quantitative estimate of drug-likeness (QED) is 0.309. The molecule has 2 aromatic heterocycles. The zero-order chi connectivity index (χ0) is 26.1. The predicted octanol–water partition coefficient (Wildman–Crippen LogP) is 5.61. The first kappa shape index (κ1) is 24.6. The Morgan fingerprint density at radius 1 is 1.08 bits per heavy atom. The first-order valence-corrected chi connectivity index (χ1v) is 10.4. The van der Waals surface area contributed by atoms with Crippen LogP contribution < -0.4 is 20.1 Å². The molecule has 0 radical (unpaired) electrons. The fraction of sp³-hybridized carbons (Fsp3) is 0.217. The number of alkyl halides is 3. The standard InChI is InChI=1S/C23H20F3N5O5/c1-22(2,23(24,25)26)18-10-19(36-31-18)30-21(33)29-12-5-4-6-13(7-12)35-20-14-8-16(32)17(34-3)9-15(14)27-11-28-20/h4-11,32H,1-3H3,(H2,29,30,33). The number of rotatable bonds is 6. The van der Waals surface area contributed by atoms with Crippen LogP contribution >= 0.6 is 0 Å². The number of fused-ring (bicyclic) bond motifs is 1. The van der Waals surface area contributed by atoms with Crippen molar-refractivity contribution in [1.29, 1.82) is 0 Å². The fourth-order valence-electron chi connectivity index (χ4n) is 3.09. The lowest BCUT2D eigenvalue weighted by Gasteiger charge is -2.24. The number of carbonyl (C=O) groups is 1. The molecule has 13 heteroatoms. The van der Waals surface area contributed by atoms with Crippen LogP contribution in [0.5, 0.6) is 23.1 Å². The summed E-state index contributed by atoms with van der Waals surface area (Å²) in [4.78, 5) is 20.6. The second-order valence-corrected chi connectivity index (χ2v) is 8.13. The Labute approximate surface area is 202 Å². The number of methoxy groups -OCH3 is 1. The summed E-state index contributed by atoms with van der Waals surface area (Å²) in [6.45, 7) is 1.91. The van der Waals surface area contributed by atoms with E-state index in [0.717, 1.165) is 19.9 Å². The molecule has 2 amide bonds. The Morgan fingerprint density at radius 3 is 2.58 bits per heavy atom. The fourth-order valence-corrected chi connectivity index (χ4v) is 3.09.